The smallest absolute Gasteiger partial charge is 0.117 e. The van der Waals surface area contributed by atoms with Crippen molar-refractivity contribution in [2.45, 2.75) is 44.4 Å². The average Bonchev–Trinajstić information content (AvgIpc) is 2.92. The largest absolute Gasteiger partial charge is 0.468 e. The first-order valence-electron chi connectivity index (χ1n) is 6.76. The van der Waals surface area contributed by atoms with Gasteiger partial charge in [-0.15, -0.1) is 0 Å². The Hall–Kier alpha value is -0.840. The molecule has 0 spiro atoms. The molecule has 4 heteroatoms. The van der Waals surface area contributed by atoms with Crippen molar-refractivity contribution in [2.24, 2.45) is 0 Å². The Balaban J connectivity index is 1.52. The van der Waals surface area contributed by atoms with E-state index in [1.165, 1.54) is 12.8 Å². The maximum Gasteiger partial charge on any atom is 0.117 e. The van der Waals surface area contributed by atoms with Gasteiger partial charge in [0, 0.05) is 13.7 Å². The van der Waals surface area contributed by atoms with Gasteiger partial charge < -0.3 is 19.2 Å². The van der Waals surface area contributed by atoms with Crippen molar-refractivity contribution in [3.63, 3.8) is 0 Å². The quantitative estimate of drug-likeness (QED) is 0.757. The zero-order valence-corrected chi connectivity index (χ0v) is 11.1. The van der Waals surface area contributed by atoms with Gasteiger partial charge in [0.2, 0.25) is 0 Å². The molecule has 0 amide bonds. The van der Waals surface area contributed by atoms with E-state index in [0.717, 1.165) is 38.3 Å². The monoisotopic (exact) mass is 253 g/mol. The molecule has 102 valence electrons. The van der Waals surface area contributed by atoms with Crippen molar-refractivity contribution in [3.8, 4) is 0 Å². The fourth-order valence-corrected chi connectivity index (χ4v) is 2.39. The highest BCUT2D eigenvalue weighted by atomic mass is 16.5. The molecule has 1 aromatic heterocycles. The van der Waals surface area contributed by atoms with E-state index in [-0.39, 0.29) is 0 Å². The van der Waals surface area contributed by atoms with Crippen molar-refractivity contribution in [3.05, 3.63) is 24.2 Å². The first kappa shape index (κ1) is 13.6. The molecule has 0 radical (unpaired) electrons. The molecule has 0 saturated heterocycles. The third-order valence-electron chi connectivity index (χ3n) is 3.42. The number of hydrogen-bond donors (Lipinski definition) is 1. The van der Waals surface area contributed by atoms with Gasteiger partial charge in [0.05, 0.1) is 31.6 Å². The summed E-state index contributed by atoms with van der Waals surface area (Å²) in [5.74, 6) is 0.965. The molecule has 4 nitrogen and oxygen atoms in total. The minimum atomic E-state index is 0.370. The van der Waals surface area contributed by atoms with Crippen LogP contribution in [0.4, 0.5) is 0 Å². The van der Waals surface area contributed by atoms with Crippen molar-refractivity contribution >= 4 is 0 Å². The Kier molecular flexibility index (Phi) is 5.71. The lowest BCUT2D eigenvalue weighted by Crippen LogP contribution is -2.29. The molecule has 0 aromatic carbocycles. The highest BCUT2D eigenvalue weighted by Gasteiger charge is 2.21. The van der Waals surface area contributed by atoms with Crippen LogP contribution in [0.25, 0.3) is 0 Å². The fraction of sp³-hybridized carbons (Fsp3) is 0.714. The molecule has 1 fully saturated rings. The maximum atomic E-state index is 5.86. The van der Waals surface area contributed by atoms with Gasteiger partial charge in [-0.05, 0) is 37.8 Å². The Labute approximate surface area is 109 Å². The van der Waals surface area contributed by atoms with E-state index in [1.54, 1.807) is 13.4 Å². The van der Waals surface area contributed by atoms with E-state index in [4.69, 9.17) is 13.9 Å². The van der Waals surface area contributed by atoms with E-state index in [0.29, 0.717) is 12.2 Å². The molecule has 18 heavy (non-hydrogen) atoms. The number of rotatable bonds is 7. The van der Waals surface area contributed by atoms with Crippen LogP contribution in [0.5, 0.6) is 0 Å². The van der Waals surface area contributed by atoms with Crippen molar-refractivity contribution in [2.75, 3.05) is 20.3 Å². The van der Waals surface area contributed by atoms with Gasteiger partial charge in [-0.1, -0.05) is 0 Å². The molecule has 1 saturated carbocycles. The highest BCUT2D eigenvalue weighted by molar-refractivity contribution is 4.97. The highest BCUT2D eigenvalue weighted by Crippen LogP contribution is 2.22. The molecule has 1 heterocycles. The summed E-state index contributed by atoms with van der Waals surface area (Å²) in [6.07, 6.45) is 7.04. The third kappa shape index (κ3) is 4.44. The number of furan rings is 1. The zero-order chi connectivity index (χ0) is 12.6. The normalized spacial score (nSPS) is 24.3. The molecule has 1 aliphatic rings. The SMILES string of the molecule is COC1CCCC(OCCNCc2ccco2)C1. The van der Waals surface area contributed by atoms with E-state index >= 15 is 0 Å². The number of ether oxygens (including phenoxy) is 2. The summed E-state index contributed by atoms with van der Waals surface area (Å²) in [6, 6.07) is 3.87. The minimum absolute atomic E-state index is 0.370. The van der Waals surface area contributed by atoms with Gasteiger partial charge in [0.1, 0.15) is 5.76 Å². The van der Waals surface area contributed by atoms with Crippen LogP contribution in [0, 0.1) is 0 Å². The maximum absolute atomic E-state index is 5.86. The van der Waals surface area contributed by atoms with E-state index < -0.39 is 0 Å². The third-order valence-corrected chi connectivity index (χ3v) is 3.42. The molecule has 2 atom stereocenters. The van der Waals surface area contributed by atoms with Crippen LogP contribution in [0.1, 0.15) is 31.4 Å². The molecule has 1 N–H and O–H groups in total. The number of hydrogen-bond acceptors (Lipinski definition) is 4. The summed E-state index contributed by atoms with van der Waals surface area (Å²) in [5, 5.41) is 3.30. The van der Waals surface area contributed by atoms with E-state index in [9.17, 15) is 0 Å². The Bertz CT molecular complexity index is 313. The van der Waals surface area contributed by atoms with Crippen LogP contribution in [0.2, 0.25) is 0 Å². The summed E-state index contributed by atoms with van der Waals surface area (Å²) < 4.78 is 16.5. The van der Waals surface area contributed by atoms with Gasteiger partial charge in [-0.25, -0.2) is 0 Å². The van der Waals surface area contributed by atoms with Gasteiger partial charge in [-0.2, -0.15) is 0 Å². The summed E-state index contributed by atoms with van der Waals surface area (Å²) in [6.45, 7) is 2.37. The fourth-order valence-electron chi connectivity index (χ4n) is 2.39. The van der Waals surface area contributed by atoms with Gasteiger partial charge in [0.25, 0.3) is 0 Å². The van der Waals surface area contributed by atoms with Crippen LogP contribution in [-0.2, 0) is 16.0 Å². The lowest BCUT2D eigenvalue weighted by Gasteiger charge is -2.28. The Morgan fingerprint density at radius 1 is 1.39 bits per heavy atom. The van der Waals surface area contributed by atoms with Crippen LogP contribution in [-0.4, -0.2) is 32.5 Å². The van der Waals surface area contributed by atoms with Crippen molar-refractivity contribution < 1.29 is 13.9 Å². The van der Waals surface area contributed by atoms with Gasteiger partial charge in [0.15, 0.2) is 0 Å². The lowest BCUT2D eigenvalue weighted by molar-refractivity contribution is -0.0283. The molecule has 0 aliphatic heterocycles. The summed E-state index contributed by atoms with van der Waals surface area (Å²) in [4.78, 5) is 0. The molecular weight excluding hydrogens is 230 g/mol. The number of nitrogens with one attached hydrogen (secondary N) is 1. The first-order chi connectivity index (χ1) is 8.88. The Morgan fingerprint density at radius 2 is 2.28 bits per heavy atom. The number of methoxy groups -OCH3 is 1. The molecule has 1 aliphatic carbocycles. The van der Waals surface area contributed by atoms with Gasteiger partial charge >= 0.3 is 0 Å². The molecule has 2 unspecified atom stereocenters. The second-order valence-corrected chi connectivity index (χ2v) is 4.77. The predicted octanol–water partition coefficient (Wildman–Crippen LogP) is 2.34. The zero-order valence-electron chi connectivity index (χ0n) is 11.1. The molecule has 1 aromatic rings. The predicted molar refractivity (Wildman–Crippen MR) is 69.4 cm³/mol. The van der Waals surface area contributed by atoms with Crippen LogP contribution in [0.15, 0.2) is 22.8 Å². The molecule has 0 bridgehead atoms. The summed E-state index contributed by atoms with van der Waals surface area (Å²) in [5.41, 5.74) is 0. The van der Waals surface area contributed by atoms with Crippen molar-refractivity contribution in [1.82, 2.24) is 5.32 Å². The Morgan fingerprint density at radius 3 is 3.06 bits per heavy atom. The van der Waals surface area contributed by atoms with E-state index in [1.807, 2.05) is 12.1 Å². The molecular formula is C14H23NO3. The first-order valence-corrected chi connectivity index (χ1v) is 6.76. The van der Waals surface area contributed by atoms with Crippen molar-refractivity contribution in [1.29, 1.82) is 0 Å². The second-order valence-electron chi connectivity index (χ2n) is 4.77. The summed E-state index contributed by atoms with van der Waals surface area (Å²) in [7, 11) is 1.79. The standard InChI is InChI=1S/C14H23NO3/c1-16-12-4-2-5-13(10-12)18-9-7-15-11-14-6-3-8-17-14/h3,6,8,12-13,15H,2,4-5,7,9-11H2,1H3. The lowest BCUT2D eigenvalue weighted by atomic mass is 9.95. The van der Waals surface area contributed by atoms with Crippen LogP contribution >= 0.6 is 0 Å². The second kappa shape index (κ2) is 7.56. The average molecular weight is 253 g/mol. The summed E-state index contributed by atoms with van der Waals surface area (Å²) >= 11 is 0. The van der Waals surface area contributed by atoms with E-state index in [2.05, 4.69) is 5.32 Å². The molecule has 2 rings (SSSR count). The van der Waals surface area contributed by atoms with Crippen LogP contribution < -0.4 is 5.32 Å². The van der Waals surface area contributed by atoms with Gasteiger partial charge in [-0.3, -0.25) is 0 Å². The topological polar surface area (TPSA) is 43.6 Å². The van der Waals surface area contributed by atoms with Crippen LogP contribution in [0.3, 0.4) is 0 Å². The minimum Gasteiger partial charge on any atom is -0.468 e.